The molecule has 0 aliphatic carbocycles. The van der Waals surface area contributed by atoms with Gasteiger partial charge >= 0.3 is 6.16 Å². The van der Waals surface area contributed by atoms with Gasteiger partial charge in [-0.05, 0) is 75.4 Å². The molecule has 2 fully saturated rings. The summed E-state index contributed by atoms with van der Waals surface area (Å²) in [7, 11) is 0. The Morgan fingerprint density at radius 2 is 1.77 bits per heavy atom. The summed E-state index contributed by atoms with van der Waals surface area (Å²) in [5.41, 5.74) is 1.17. The number of β-lactam (4-membered cyclic amide) rings is 1. The molecule has 0 spiro atoms. The fourth-order valence-corrected chi connectivity index (χ4v) is 9.98. The molecule has 0 saturated carbocycles. The first-order valence-electron chi connectivity index (χ1n) is 17.2. The first kappa shape index (κ1) is 39.7. The van der Waals surface area contributed by atoms with Crippen LogP contribution in [-0.2, 0) is 36.7 Å². The highest BCUT2D eigenvalue weighted by molar-refractivity contribution is 8.13. The summed E-state index contributed by atoms with van der Waals surface area (Å²) in [6.07, 6.45) is 9.22. The topological polar surface area (TPSA) is 114 Å². The molecule has 0 bridgehead atoms. The molecule has 1 amide bonds. The van der Waals surface area contributed by atoms with Crippen LogP contribution < -0.4 is 9.47 Å². The molecule has 3 aliphatic rings. The Morgan fingerprint density at radius 3 is 2.47 bits per heavy atom. The molecule has 6 atom stereocenters. The Morgan fingerprint density at radius 1 is 1.06 bits per heavy atom. The molecule has 3 aliphatic heterocycles. The minimum absolute atomic E-state index is 0.00246. The monoisotopic (exact) mass is 713 g/mol. The van der Waals surface area contributed by atoms with Crippen LogP contribution in [-0.4, -0.2) is 73.1 Å². The van der Waals surface area contributed by atoms with E-state index < -0.39 is 23.4 Å². The largest absolute Gasteiger partial charge is 0.616 e. The van der Waals surface area contributed by atoms with Gasteiger partial charge in [-0.2, -0.15) is 0 Å². The highest BCUT2D eigenvalue weighted by Crippen LogP contribution is 2.56. The van der Waals surface area contributed by atoms with E-state index in [0.717, 1.165) is 48.3 Å². The lowest BCUT2D eigenvalue weighted by Crippen LogP contribution is -2.63. The zero-order valence-electron chi connectivity index (χ0n) is 29.2. The molecule has 0 N–H and O–H groups in total. The molecule has 0 radical (unpaired) electrons. The third kappa shape index (κ3) is 11.1. The zero-order valence-corrected chi connectivity index (χ0v) is 31.7. The zero-order chi connectivity index (χ0) is 34.6. The summed E-state index contributed by atoms with van der Waals surface area (Å²) >= 11 is 1.88. The third-order valence-corrected chi connectivity index (χ3v) is 13.0. The summed E-state index contributed by atoms with van der Waals surface area (Å²) in [4.78, 5) is 38.3. The van der Waals surface area contributed by atoms with Crippen LogP contribution >= 0.6 is 23.5 Å². The highest BCUT2D eigenvalue weighted by atomic mass is 32.2. The molecule has 3 heterocycles. The first-order chi connectivity index (χ1) is 22.4. The van der Waals surface area contributed by atoms with Gasteiger partial charge in [-0.15, -0.1) is 11.8 Å². The number of hydrogen-bond donors (Lipinski definition) is 0. The maximum Gasteiger partial charge on any atom is 0.509 e. The molecule has 0 aromatic heterocycles. The van der Waals surface area contributed by atoms with Crippen LogP contribution in [0.15, 0.2) is 18.2 Å². The van der Waals surface area contributed by atoms with Crippen molar-refractivity contribution in [3.63, 3.8) is 0 Å². The molecule has 12 heteroatoms. The van der Waals surface area contributed by atoms with E-state index in [1.807, 2.05) is 39.0 Å². The van der Waals surface area contributed by atoms with Gasteiger partial charge in [-0.3, -0.25) is 9.59 Å². The van der Waals surface area contributed by atoms with Crippen molar-refractivity contribution in [2.45, 2.75) is 128 Å². The number of rotatable bonds is 17. The summed E-state index contributed by atoms with van der Waals surface area (Å²) in [5.74, 6) is 2.74. The number of unbranched alkanes of at least 4 members (excludes halogenated alkanes) is 5. The van der Waals surface area contributed by atoms with E-state index in [-0.39, 0.29) is 38.3 Å². The molecule has 266 valence electrons. The van der Waals surface area contributed by atoms with Gasteiger partial charge in [-0.1, -0.05) is 77.0 Å². The minimum atomic E-state index is -0.767. The maximum absolute atomic E-state index is 12.7. The molecule has 4 rings (SSSR count). The van der Waals surface area contributed by atoms with E-state index >= 15 is 0 Å². The number of benzene rings is 1. The fourth-order valence-electron chi connectivity index (χ4n) is 5.96. The number of nitrogens with zero attached hydrogens (tertiary/aromatic N) is 1. The van der Waals surface area contributed by atoms with Gasteiger partial charge in [0.05, 0.1) is 17.9 Å². The average molecular weight is 714 g/mol. The van der Waals surface area contributed by atoms with Crippen molar-refractivity contribution in [1.82, 2.24) is 4.90 Å². The average Bonchev–Trinajstić information content (AvgIpc) is 3.60. The van der Waals surface area contributed by atoms with Crippen molar-refractivity contribution >= 4 is 51.9 Å². The lowest BCUT2D eigenvalue weighted by atomic mass is 9.82. The van der Waals surface area contributed by atoms with Crippen LogP contribution in [0.2, 0.25) is 0 Å². The van der Waals surface area contributed by atoms with Gasteiger partial charge in [0.2, 0.25) is 17.8 Å². The predicted molar refractivity (Wildman–Crippen MR) is 191 cm³/mol. The third-order valence-electron chi connectivity index (χ3n) is 8.87. The van der Waals surface area contributed by atoms with Crippen molar-refractivity contribution in [2.75, 3.05) is 25.1 Å². The minimum Gasteiger partial charge on any atom is -0.616 e. The summed E-state index contributed by atoms with van der Waals surface area (Å²) in [6, 6.07) is 5.52. The van der Waals surface area contributed by atoms with E-state index in [1.54, 1.807) is 16.7 Å². The second kappa shape index (κ2) is 19.4. The second-order valence-electron chi connectivity index (χ2n) is 13.1. The molecular formula is C35H55NO8S3. The van der Waals surface area contributed by atoms with Crippen molar-refractivity contribution in [3.05, 3.63) is 23.8 Å². The van der Waals surface area contributed by atoms with Crippen LogP contribution in [0.3, 0.4) is 0 Å². The Balaban J connectivity index is 0.000000257. The Bertz CT molecular complexity index is 1170. The second-order valence-corrected chi connectivity index (χ2v) is 17.7. The molecule has 1 aromatic rings. The fraction of sp³-hybridized carbons (Fsp3) is 0.743. The Labute approximate surface area is 293 Å². The lowest BCUT2D eigenvalue weighted by Gasteiger charge is -2.46. The van der Waals surface area contributed by atoms with Gasteiger partial charge in [0.1, 0.15) is 23.0 Å². The quantitative estimate of drug-likeness (QED) is 0.0518. The Kier molecular flexibility index (Phi) is 16.4. The lowest BCUT2D eigenvalue weighted by molar-refractivity contribution is -0.158. The normalized spacial score (nSPS) is 22.3. The molecule has 47 heavy (non-hydrogen) atoms. The van der Waals surface area contributed by atoms with Gasteiger partial charge in [0.15, 0.2) is 11.5 Å². The van der Waals surface area contributed by atoms with Crippen LogP contribution in [0.4, 0.5) is 4.79 Å². The van der Waals surface area contributed by atoms with Gasteiger partial charge in [0.25, 0.3) is 0 Å². The Hall–Kier alpha value is -1.76. The number of thioether (sulfide) groups is 2. The first-order valence-corrected chi connectivity index (χ1v) is 20.4. The van der Waals surface area contributed by atoms with Crippen LogP contribution in [0, 0.1) is 11.8 Å². The van der Waals surface area contributed by atoms with E-state index in [2.05, 4.69) is 27.7 Å². The van der Waals surface area contributed by atoms with E-state index in [1.165, 1.54) is 37.7 Å². The van der Waals surface area contributed by atoms with Crippen molar-refractivity contribution < 1.29 is 37.9 Å². The number of hydrogen-bond acceptors (Lipinski definition) is 10. The SMILES string of the molecule is CCCCCCCC[S+]([O-])C(C)Cc1ccc2c(c1)OCO2.CCCOC(=O)OCSC(=O)[C@@H]1N2C(=O)[C@@H](C(C)CC)[C@H]2SC1(C)C. The molecular weight excluding hydrogens is 659 g/mol. The summed E-state index contributed by atoms with van der Waals surface area (Å²) in [6.45, 7) is 15.0. The molecule has 2 saturated heterocycles. The number of amides is 1. The van der Waals surface area contributed by atoms with Crippen LogP contribution in [0.5, 0.6) is 11.5 Å². The van der Waals surface area contributed by atoms with Crippen LogP contribution in [0.1, 0.15) is 105 Å². The van der Waals surface area contributed by atoms with Gasteiger partial charge in [-0.25, -0.2) is 4.79 Å². The number of carbonyl (C=O) groups excluding carboxylic acids is 3. The highest BCUT2D eigenvalue weighted by Gasteiger charge is 2.64. The molecule has 3 unspecified atom stereocenters. The van der Waals surface area contributed by atoms with E-state index in [4.69, 9.17) is 18.9 Å². The van der Waals surface area contributed by atoms with Crippen LogP contribution in [0.25, 0.3) is 0 Å². The molecule has 1 aromatic carbocycles. The van der Waals surface area contributed by atoms with Gasteiger partial charge in [0, 0.05) is 11.2 Å². The molecule has 9 nitrogen and oxygen atoms in total. The van der Waals surface area contributed by atoms with Gasteiger partial charge < -0.3 is 28.4 Å². The predicted octanol–water partition coefficient (Wildman–Crippen LogP) is 7.95. The van der Waals surface area contributed by atoms with Crippen molar-refractivity contribution in [1.29, 1.82) is 0 Å². The van der Waals surface area contributed by atoms with Crippen molar-refractivity contribution in [2.24, 2.45) is 11.8 Å². The number of ether oxygens (including phenoxy) is 4. The number of carbonyl (C=O) groups is 3. The smallest absolute Gasteiger partial charge is 0.509 e. The maximum atomic E-state index is 12.7. The summed E-state index contributed by atoms with van der Waals surface area (Å²) in [5, 5.41) is 0.123. The van der Waals surface area contributed by atoms with Crippen molar-refractivity contribution in [3.8, 4) is 11.5 Å². The number of fused-ring (bicyclic) bond motifs is 2. The standard InChI is InChI=1S/C18H28O3S.C17H27NO5S2/c1-3-4-5-6-7-8-11-22(19)15(2)12-16-9-10-17-18(13-16)21-14-20-17;1-6-8-22-16(21)23-9-24-15(20)12-17(4,5)25-14-11(10(3)7-2)13(19)18(12)14/h9-10,13,15H,3-8,11-12,14H2,1-2H3;10-12,14H,6-9H2,1-5H3/t;10?,11-,12+,14-/m.1/s1. The summed E-state index contributed by atoms with van der Waals surface area (Å²) < 4.78 is 32.4. The van der Waals surface area contributed by atoms with E-state index in [9.17, 15) is 18.9 Å². The van der Waals surface area contributed by atoms with E-state index in [0.29, 0.717) is 25.7 Å².